The summed E-state index contributed by atoms with van der Waals surface area (Å²) in [6.07, 6.45) is 2.71. The Balaban J connectivity index is 2.40. The molecule has 7 heteroatoms. The minimum absolute atomic E-state index is 0.0729. The van der Waals surface area contributed by atoms with Gasteiger partial charge in [0.1, 0.15) is 6.54 Å². The summed E-state index contributed by atoms with van der Waals surface area (Å²) in [5, 5.41) is 6.15. The Hall–Kier alpha value is -1.37. The Morgan fingerprint density at radius 1 is 1.45 bits per heavy atom. The minimum Gasteiger partial charge on any atom is -0.376 e. The maximum atomic E-state index is 12.1. The number of ether oxygens (including phenoxy) is 1. The lowest BCUT2D eigenvalue weighted by Gasteiger charge is -2.16. The average Bonchev–Trinajstić information content (AvgIpc) is 2.94. The lowest BCUT2D eigenvalue weighted by molar-refractivity contribution is -0.127. The van der Waals surface area contributed by atoms with Gasteiger partial charge in [-0.2, -0.15) is 0 Å². The fourth-order valence-electron chi connectivity index (χ4n) is 1.75. The van der Waals surface area contributed by atoms with E-state index in [-0.39, 0.29) is 25.2 Å². The normalized spacial score (nSPS) is 18.9. The number of halogens is 1. The first kappa shape index (κ1) is 16.7. The number of carbonyl (C=O) groups excluding carboxylic acids is 1. The van der Waals surface area contributed by atoms with Crippen molar-refractivity contribution in [3.63, 3.8) is 0 Å². The second-order valence-corrected chi connectivity index (χ2v) is 4.94. The van der Waals surface area contributed by atoms with E-state index in [2.05, 4.69) is 15.6 Å². The van der Waals surface area contributed by atoms with Gasteiger partial charge in [0.2, 0.25) is 5.91 Å². The van der Waals surface area contributed by atoms with E-state index >= 15 is 0 Å². The van der Waals surface area contributed by atoms with Crippen LogP contribution in [0.5, 0.6) is 0 Å². The van der Waals surface area contributed by atoms with Gasteiger partial charge < -0.3 is 20.3 Å². The van der Waals surface area contributed by atoms with Crippen LogP contribution in [0.4, 0.5) is 4.39 Å². The number of hydrogen-bond acceptors (Lipinski definition) is 3. The highest BCUT2D eigenvalue weighted by molar-refractivity contribution is 5.84. The highest BCUT2D eigenvalue weighted by atomic mass is 19.1. The zero-order chi connectivity index (χ0) is 14.8. The molecule has 116 valence electrons. The number of hydrogen-bond donors (Lipinski definition) is 2. The van der Waals surface area contributed by atoms with Gasteiger partial charge in [0.05, 0.1) is 12.8 Å². The smallest absolute Gasteiger partial charge is 0.243 e. The maximum absolute atomic E-state index is 12.1. The Morgan fingerprint density at radius 3 is 2.85 bits per heavy atom. The Bertz CT molecular complexity index is 317. The fraction of sp³-hybridized carbons (Fsp3) is 0.846. The monoisotopic (exact) mass is 288 g/mol. The second kappa shape index (κ2) is 9.52. The van der Waals surface area contributed by atoms with Gasteiger partial charge >= 0.3 is 0 Å². The van der Waals surface area contributed by atoms with Crippen LogP contribution in [0.2, 0.25) is 0 Å². The van der Waals surface area contributed by atoms with Crippen LogP contribution in [0.25, 0.3) is 0 Å². The predicted octanol–water partition coefficient (Wildman–Crippen LogP) is 0.148. The molecule has 1 amide bonds. The van der Waals surface area contributed by atoms with E-state index in [4.69, 9.17) is 4.74 Å². The molecule has 6 nitrogen and oxygen atoms in total. The highest BCUT2D eigenvalue weighted by Crippen LogP contribution is 2.10. The molecule has 0 radical (unpaired) electrons. The van der Waals surface area contributed by atoms with Gasteiger partial charge in [-0.15, -0.1) is 0 Å². The van der Waals surface area contributed by atoms with Crippen molar-refractivity contribution in [1.29, 1.82) is 0 Å². The van der Waals surface area contributed by atoms with Crippen molar-refractivity contribution in [3.05, 3.63) is 0 Å². The average molecular weight is 288 g/mol. The molecule has 0 spiro atoms. The van der Waals surface area contributed by atoms with Gasteiger partial charge in [-0.25, -0.2) is 4.99 Å². The van der Waals surface area contributed by atoms with Gasteiger partial charge in [-0.1, -0.05) is 0 Å². The van der Waals surface area contributed by atoms with Crippen molar-refractivity contribution < 1.29 is 13.9 Å². The van der Waals surface area contributed by atoms with Gasteiger partial charge in [-0.3, -0.25) is 9.18 Å². The highest BCUT2D eigenvalue weighted by Gasteiger charge is 2.15. The molecular weight excluding hydrogens is 263 g/mol. The van der Waals surface area contributed by atoms with Crippen molar-refractivity contribution in [3.8, 4) is 0 Å². The fourth-order valence-corrected chi connectivity index (χ4v) is 1.75. The van der Waals surface area contributed by atoms with Crippen LogP contribution in [0.15, 0.2) is 4.99 Å². The van der Waals surface area contributed by atoms with Crippen LogP contribution in [-0.4, -0.2) is 69.9 Å². The Morgan fingerprint density at radius 2 is 2.25 bits per heavy atom. The molecule has 1 aliphatic heterocycles. The molecule has 20 heavy (non-hydrogen) atoms. The third-order valence-electron chi connectivity index (χ3n) is 3.00. The minimum atomic E-state index is -0.372. The maximum Gasteiger partial charge on any atom is 0.243 e. The Kier molecular flexibility index (Phi) is 7.94. The number of alkyl halides is 1. The quantitative estimate of drug-likeness (QED) is 0.397. The second-order valence-electron chi connectivity index (χ2n) is 4.94. The molecule has 0 bridgehead atoms. The van der Waals surface area contributed by atoms with Gasteiger partial charge in [0.15, 0.2) is 5.96 Å². The topological polar surface area (TPSA) is 66.0 Å². The number of likely N-dealkylation sites (N-methyl/N-ethyl adjacent to an activating group) is 1. The molecule has 1 heterocycles. The van der Waals surface area contributed by atoms with Crippen LogP contribution in [-0.2, 0) is 9.53 Å². The van der Waals surface area contributed by atoms with E-state index in [9.17, 15) is 9.18 Å². The van der Waals surface area contributed by atoms with E-state index in [0.29, 0.717) is 25.5 Å². The lowest BCUT2D eigenvalue weighted by Crippen LogP contribution is -2.42. The molecule has 1 aliphatic rings. The van der Waals surface area contributed by atoms with Gasteiger partial charge in [0, 0.05) is 33.8 Å². The van der Waals surface area contributed by atoms with Crippen molar-refractivity contribution in [2.45, 2.75) is 25.4 Å². The Labute approximate surface area is 119 Å². The van der Waals surface area contributed by atoms with Crippen molar-refractivity contribution >= 4 is 11.9 Å². The first-order valence-electron chi connectivity index (χ1n) is 7.03. The van der Waals surface area contributed by atoms with Crippen molar-refractivity contribution in [2.24, 2.45) is 4.99 Å². The van der Waals surface area contributed by atoms with Crippen LogP contribution < -0.4 is 10.6 Å². The number of aliphatic imine (C=N–C) groups is 1. The summed E-state index contributed by atoms with van der Waals surface area (Å²) in [4.78, 5) is 17.2. The molecule has 1 fully saturated rings. The summed E-state index contributed by atoms with van der Waals surface area (Å²) in [6, 6.07) is 0. The zero-order valence-electron chi connectivity index (χ0n) is 12.3. The summed E-state index contributed by atoms with van der Waals surface area (Å²) >= 11 is 0. The molecular formula is C13H25FN4O2. The zero-order valence-corrected chi connectivity index (χ0v) is 12.3. The van der Waals surface area contributed by atoms with Crippen molar-refractivity contribution in [1.82, 2.24) is 15.5 Å². The van der Waals surface area contributed by atoms with Gasteiger partial charge in [-0.05, 0) is 19.3 Å². The van der Waals surface area contributed by atoms with E-state index in [0.717, 1.165) is 19.4 Å². The first-order chi connectivity index (χ1) is 9.63. The summed E-state index contributed by atoms with van der Waals surface area (Å²) in [5.74, 6) is 0.456. The van der Waals surface area contributed by atoms with Crippen LogP contribution in [0.3, 0.4) is 0 Å². The van der Waals surface area contributed by atoms with Crippen LogP contribution in [0, 0.1) is 0 Å². The van der Waals surface area contributed by atoms with Crippen LogP contribution in [0.1, 0.15) is 19.3 Å². The SMILES string of the molecule is CN(C)C(=O)CN=C(NCCCF)NCC1CCCO1. The molecule has 0 aliphatic carbocycles. The molecule has 2 N–H and O–H groups in total. The number of nitrogens with zero attached hydrogens (tertiary/aromatic N) is 2. The molecule has 0 saturated carbocycles. The first-order valence-corrected chi connectivity index (χ1v) is 7.03. The number of rotatable bonds is 7. The molecule has 0 aromatic heterocycles. The molecule has 1 atom stereocenters. The largest absolute Gasteiger partial charge is 0.376 e. The number of nitrogens with one attached hydrogen (secondary N) is 2. The van der Waals surface area contributed by atoms with Gasteiger partial charge in [0.25, 0.3) is 0 Å². The summed E-state index contributed by atoms with van der Waals surface area (Å²) < 4.78 is 17.6. The summed E-state index contributed by atoms with van der Waals surface area (Å²) in [5.41, 5.74) is 0. The lowest BCUT2D eigenvalue weighted by atomic mass is 10.2. The predicted molar refractivity (Wildman–Crippen MR) is 76.6 cm³/mol. The number of carbonyl (C=O) groups is 1. The molecule has 1 saturated heterocycles. The third-order valence-corrected chi connectivity index (χ3v) is 3.00. The third kappa shape index (κ3) is 6.70. The molecule has 1 unspecified atom stereocenters. The summed E-state index contributed by atoms with van der Waals surface area (Å²) in [6.45, 7) is 1.64. The van der Waals surface area contributed by atoms with E-state index < -0.39 is 0 Å². The van der Waals surface area contributed by atoms with Crippen molar-refractivity contribution in [2.75, 3.05) is 47.0 Å². The summed E-state index contributed by atoms with van der Waals surface area (Å²) in [7, 11) is 3.38. The van der Waals surface area contributed by atoms with E-state index in [1.165, 1.54) is 4.90 Å². The van der Waals surface area contributed by atoms with E-state index in [1.807, 2.05) is 0 Å². The molecule has 1 rings (SSSR count). The molecule has 0 aromatic rings. The van der Waals surface area contributed by atoms with E-state index in [1.54, 1.807) is 14.1 Å². The number of amides is 1. The standard InChI is InChI=1S/C13H25FN4O2/c1-18(2)12(19)10-17-13(15-7-4-6-14)16-9-11-5-3-8-20-11/h11H,3-10H2,1-2H3,(H2,15,16,17). The number of guanidine groups is 1. The molecule has 0 aromatic carbocycles. The van der Waals surface area contributed by atoms with Crippen LogP contribution >= 0.6 is 0 Å².